The van der Waals surface area contributed by atoms with Gasteiger partial charge in [0.1, 0.15) is 6.04 Å². The van der Waals surface area contributed by atoms with Crippen LogP contribution in [0.25, 0.3) is 0 Å². The lowest BCUT2D eigenvalue weighted by molar-refractivity contribution is -0.152. The highest BCUT2D eigenvalue weighted by Gasteiger charge is 2.50. The number of morpholine rings is 1. The Hall–Kier alpha value is -1.10. The summed E-state index contributed by atoms with van der Waals surface area (Å²) >= 11 is 0. The van der Waals surface area contributed by atoms with E-state index in [1.165, 1.54) is 12.8 Å². The SMILES string of the molecule is CC1(C2CC2)COCCN1C(=O)[C@@H]1CCC(=O)N1. The van der Waals surface area contributed by atoms with Crippen LogP contribution in [0.3, 0.4) is 0 Å². The molecule has 2 saturated heterocycles. The van der Waals surface area contributed by atoms with Gasteiger partial charge in [-0.3, -0.25) is 9.59 Å². The number of carbonyl (C=O) groups excluding carboxylic acids is 2. The van der Waals surface area contributed by atoms with E-state index in [4.69, 9.17) is 4.74 Å². The van der Waals surface area contributed by atoms with Gasteiger partial charge in [-0.15, -0.1) is 0 Å². The standard InChI is InChI=1S/C13H20N2O3/c1-13(9-2-3-9)8-18-7-6-15(13)12(17)10-4-5-11(16)14-10/h9-10H,2-8H2,1H3,(H,14,16)/t10-,13?/m0/s1. The van der Waals surface area contributed by atoms with Crippen molar-refractivity contribution in [1.82, 2.24) is 10.2 Å². The highest BCUT2D eigenvalue weighted by atomic mass is 16.5. The molecule has 3 aliphatic rings. The number of nitrogens with one attached hydrogen (secondary N) is 1. The summed E-state index contributed by atoms with van der Waals surface area (Å²) in [6.45, 7) is 4.01. The summed E-state index contributed by atoms with van der Waals surface area (Å²) in [5.74, 6) is 0.645. The molecule has 1 N–H and O–H groups in total. The topological polar surface area (TPSA) is 58.6 Å². The third kappa shape index (κ3) is 1.90. The van der Waals surface area contributed by atoms with Gasteiger partial charge in [-0.1, -0.05) is 0 Å². The monoisotopic (exact) mass is 252 g/mol. The molecule has 0 aromatic carbocycles. The maximum absolute atomic E-state index is 12.5. The molecule has 1 unspecified atom stereocenters. The van der Waals surface area contributed by atoms with Crippen molar-refractivity contribution in [3.63, 3.8) is 0 Å². The van der Waals surface area contributed by atoms with Gasteiger partial charge in [0.05, 0.1) is 18.8 Å². The molecular weight excluding hydrogens is 232 g/mol. The molecule has 0 aromatic rings. The third-order valence-electron chi connectivity index (χ3n) is 4.49. The van der Waals surface area contributed by atoms with Crippen LogP contribution < -0.4 is 5.32 Å². The molecule has 5 heteroatoms. The van der Waals surface area contributed by atoms with Crippen LogP contribution in [0.1, 0.15) is 32.6 Å². The van der Waals surface area contributed by atoms with Crippen molar-refractivity contribution < 1.29 is 14.3 Å². The molecule has 2 atom stereocenters. The lowest BCUT2D eigenvalue weighted by atomic mass is 9.92. The Balaban J connectivity index is 1.76. The van der Waals surface area contributed by atoms with Crippen LogP contribution in [0.5, 0.6) is 0 Å². The second-order valence-electron chi connectivity index (χ2n) is 5.83. The van der Waals surface area contributed by atoms with Crippen LogP contribution >= 0.6 is 0 Å². The summed E-state index contributed by atoms with van der Waals surface area (Å²) < 4.78 is 5.57. The van der Waals surface area contributed by atoms with Gasteiger partial charge in [-0.2, -0.15) is 0 Å². The van der Waals surface area contributed by atoms with Gasteiger partial charge in [-0.05, 0) is 32.1 Å². The van der Waals surface area contributed by atoms with Gasteiger partial charge >= 0.3 is 0 Å². The first-order valence-corrected chi connectivity index (χ1v) is 6.80. The van der Waals surface area contributed by atoms with E-state index in [0.29, 0.717) is 38.5 Å². The van der Waals surface area contributed by atoms with E-state index in [2.05, 4.69) is 12.2 Å². The summed E-state index contributed by atoms with van der Waals surface area (Å²) in [6.07, 6.45) is 3.47. The van der Waals surface area contributed by atoms with Crippen molar-refractivity contribution >= 4 is 11.8 Å². The van der Waals surface area contributed by atoms with Crippen molar-refractivity contribution in [1.29, 1.82) is 0 Å². The molecule has 2 amide bonds. The fourth-order valence-electron chi connectivity index (χ4n) is 3.16. The molecule has 18 heavy (non-hydrogen) atoms. The van der Waals surface area contributed by atoms with Crippen LogP contribution in [-0.2, 0) is 14.3 Å². The van der Waals surface area contributed by atoms with Crippen molar-refractivity contribution in [2.75, 3.05) is 19.8 Å². The molecule has 0 aromatic heterocycles. The number of ether oxygens (including phenoxy) is 1. The van der Waals surface area contributed by atoms with Crippen molar-refractivity contribution in [2.45, 2.75) is 44.2 Å². The van der Waals surface area contributed by atoms with Gasteiger partial charge in [0, 0.05) is 13.0 Å². The lowest BCUT2D eigenvalue weighted by Gasteiger charge is -2.46. The summed E-state index contributed by atoms with van der Waals surface area (Å²) in [7, 11) is 0. The predicted molar refractivity (Wildman–Crippen MR) is 64.8 cm³/mol. The molecule has 1 aliphatic carbocycles. The van der Waals surface area contributed by atoms with Gasteiger partial charge in [0.25, 0.3) is 0 Å². The van der Waals surface area contributed by atoms with Crippen molar-refractivity contribution in [2.24, 2.45) is 5.92 Å². The molecule has 1 saturated carbocycles. The molecule has 5 nitrogen and oxygen atoms in total. The highest BCUT2D eigenvalue weighted by molar-refractivity contribution is 5.91. The predicted octanol–water partition coefficient (Wildman–Crippen LogP) is 0.293. The average Bonchev–Trinajstić information content (AvgIpc) is 3.13. The van der Waals surface area contributed by atoms with Crippen LogP contribution in [-0.4, -0.2) is 48.1 Å². The molecule has 0 radical (unpaired) electrons. The molecule has 2 aliphatic heterocycles. The van der Waals surface area contributed by atoms with E-state index >= 15 is 0 Å². The molecule has 0 spiro atoms. The van der Waals surface area contributed by atoms with E-state index in [-0.39, 0.29) is 23.4 Å². The lowest BCUT2D eigenvalue weighted by Crippen LogP contribution is -2.62. The van der Waals surface area contributed by atoms with E-state index in [0.717, 1.165) is 0 Å². The molecule has 3 fully saturated rings. The van der Waals surface area contributed by atoms with Crippen molar-refractivity contribution in [3.8, 4) is 0 Å². The van der Waals surface area contributed by atoms with E-state index in [1.807, 2.05) is 4.90 Å². The number of amides is 2. The Morgan fingerprint density at radius 2 is 2.22 bits per heavy atom. The molecular formula is C13H20N2O3. The normalized spacial score (nSPS) is 36.6. The minimum absolute atomic E-state index is 0.00488. The van der Waals surface area contributed by atoms with Crippen molar-refractivity contribution in [3.05, 3.63) is 0 Å². The van der Waals surface area contributed by atoms with E-state index < -0.39 is 0 Å². The Labute approximate surface area is 107 Å². The molecule has 3 rings (SSSR count). The summed E-state index contributed by atoms with van der Waals surface area (Å²) in [5, 5.41) is 2.78. The van der Waals surface area contributed by atoms with E-state index in [9.17, 15) is 9.59 Å². The van der Waals surface area contributed by atoms with Crippen LogP contribution in [0.4, 0.5) is 0 Å². The van der Waals surface area contributed by atoms with Crippen LogP contribution in [0.15, 0.2) is 0 Å². The number of hydrogen-bond acceptors (Lipinski definition) is 3. The molecule has 100 valence electrons. The fraction of sp³-hybridized carbons (Fsp3) is 0.846. The first-order valence-electron chi connectivity index (χ1n) is 6.80. The largest absolute Gasteiger partial charge is 0.377 e. The summed E-state index contributed by atoms with van der Waals surface area (Å²) in [5.41, 5.74) is -0.164. The number of nitrogens with zero attached hydrogens (tertiary/aromatic N) is 1. The Morgan fingerprint density at radius 1 is 1.44 bits per heavy atom. The Kier molecular flexibility index (Phi) is 2.81. The number of carbonyl (C=O) groups is 2. The second-order valence-corrected chi connectivity index (χ2v) is 5.83. The molecule has 2 heterocycles. The fourth-order valence-corrected chi connectivity index (χ4v) is 3.16. The van der Waals surface area contributed by atoms with Crippen LogP contribution in [0, 0.1) is 5.92 Å². The smallest absolute Gasteiger partial charge is 0.245 e. The zero-order valence-electron chi connectivity index (χ0n) is 10.8. The van der Waals surface area contributed by atoms with Gasteiger partial charge < -0.3 is 15.0 Å². The minimum atomic E-state index is -0.311. The molecule has 0 bridgehead atoms. The van der Waals surface area contributed by atoms with Gasteiger partial charge in [0.2, 0.25) is 11.8 Å². The summed E-state index contributed by atoms with van der Waals surface area (Å²) in [4.78, 5) is 25.8. The van der Waals surface area contributed by atoms with Gasteiger partial charge in [0.15, 0.2) is 0 Å². The number of rotatable bonds is 2. The summed E-state index contributed by atoms with van der Waals surface area (Å²) in [6, 6.07) is -0.311. The number of hydrogen-bond donors (Lipinski definition) is 1. The maximum Gasteiger partial charge on any atom is 0.245 e. The Morgan fingerprint density at radius 3 is 2.83 bits per heavy atom. The zero-order chi connectivity index (χ0) is 12.8. The second kappa shape index (κ2) is 4.23. The quantitative estimate of drug-likeness (QED) is 0.768. The highest BCUT2D eigenvalue weighted by Crippen LogP contribution is 2.44. The first-order chi connectivity index (χ1) is 8.61. The maximum atomic E-state index is 12.5. The zero-order valence-corrected chi connectivity index (χ0v) is 10.8. The average molecular weight is 252 g/mol. The Bertz CT molecular complexity index is 380. The van der Waals surface area contributed by atoms with Crippen LogP contribution in [0.2, 0.25) is 0 Å². The van der Waals surface area contributed by atoms with Gasteiger partial charge in [-0.25, -0.2) is 0 Å². The minimum Gasteiger partial charge on any atom is -0.377 e. The van der Waals surface area contributed by atoms with E-state index in [1.54, 1.807) is 0 Å². The first kappa shape index (κ1) is 12.0. The third-order valence-corrected chi connectivity index (χ3v) is 4.49.